The van der Waals surface area contributed by atoms with Crippen LogP contribution in [0.4, 0.5) is 5.69 Å². The van der Waals surface area contributed by atoms with Crippen LogP contribution < -0.4 is 9.47 Å². The van der Waals surface area contributed by atoms with E-state index in [4.69, 9.17) is 9.47 Å². The minimum absolute atomic E-state index is 0.0559. The lowest BCUT2D eigenvalue weighted by molar-refractivity contribution is -0.384. The van der Waals surface area contributed by atoms with Crippen molar-refractivity contribution >= 4 is 5.69 Å². The van der Waals surface area contributed by atoms with Gasteiger partial charge in [-0.25, -0.2) is 0 Å². The number of hydrogen-bond acceptors (Lipinski definition) is 5. The molecule has 1 aliphatic heterocycles. The van der Waals surface area contributed by atoms with Gasteiger partial charge in [-0.05, 0) is 37.2 Å². The van der Waals surface area contributed by atoms with E-state index in [1.165, 1.54) is 6.07 Å². The highest BCUT2D eigenvalue weighted by atomic mass is 16.7. The number of fused-ring (bicyclic) bond motifs is 1. The SMILES string of the molecule is CC(c1cccc([N+](=O)[O-])c1)N(C)Cc1ccc2c(c1)OCO2. The summed E-state index contributed by atoms with van der Waals surface area (Å²) in [7, 11) is 1.99. The zero-order valence-electron chi connectivity index (χ0n) is 13.1. The number of rotatable bonds is 5. The standard InChI is InChI=1S/C17H18N2O4/c1-12(14-4-3-5-15(9-14)19(20)21)18(2)10-13-6-7-16-17(8-13)23-11-22-16/h3-9,12H,10-11H2,1-2H3. The van der Waals surface area contributed by atoms with E-state index >= 15 is 0 Å². The third-order valence-electron chi connectivity index (χ3n) is 4.09. The number of ether oxygens (including phenoxy) is 2. The average Bonchev–Trinajstić information content (AvgIpc) is 3.01. The van der Waals surface area contributed by atoms with Gasteiger partial charge >= 0.3 is 0 Å². The molecule has 0 amide bonds. The molecule has 3 rings (SSSR count). The molecule has 120 valence electrons. The Hall–Kier alpha value is -2.60. The summed E-state index contributed by atoms with van der Waals surface area (Å²) in [5.74, 6) is 1.53. The molecule has 0 fully saturated rings. The molecule has 1 aliphatic rings. The van der Waals surface area contributed by atoms with E-state index < -0.39 is 0 Å². The highest BCUT2D eigenvalue weighted by molar-refractivity contribution is 5.44. The van der Waals surface area contributed by atoms with Crippen LogP contribution in [-0.2, 0) is 6.54 Å². The Bertz CT molecular complexity index is 732. The molecule has 0 saturated carbocycles. The first-order valence-electron chi connectivity index (χ1n) is 7.37. The smallest absolute Gasteiger partial charge is 0.269 e. The van der Waals surface area contributed by atoms with Crippen molar-refractivity contribution in [1.82, 2.24) is 4.90 Å². The van der Waals surface area contributed by atoms with Crippen LogP contribution in [0.2, 0.25) is 0 Å². The second kappa shape index (κ2) is 6.26. The highest BCUT2D eigenvalue weighted by Gasteiger charge is 2.17. The summed E-state index contributed by atoms with van der Waals surface area (Å²) < 4.78 is 10.7. The molecule has 0 N–H and O–H groups in total. The number of nitrogens with zero attached hydrogens (tertiary/aromatic N) is 2. The molecule has 2 aromatic rings. The summed E-state index contributed by atoms with van der Waals surface area (Å²) >= 11 is 0. The van der Waals surface area contributed by atoms with E-state index in [2.05, 4.69) is 4.90 Å². The van der Waals surface area contributed by atoms with Crippen LogP contribution in [0, 0.1) is 10.1 Å². The quantitative estimate of drug-likeness (QED) is 0.624. The Kier molecular flexibility index (Phi) is 4.16. The summed E-state index contributed by atoms with van der Waals surface area (Å²) in [5, 5.41) is 10.9. The molecule has 6 nitrogen and oxygen atoms in total. The van der Waals surface area contributed by atoms with Crippen molar-refractivity contribution in [1.29, 1.82) is 0 Å². The molecule has 1 unspecified atom stereocenters. The maximum atomic E-state index is 10.9. The molecular formula is C17H18N2O4. The van der Waals surface area contributed by atoms with Crippen molar-refractivity contribution in [2.45, 2.75) is 19.5 Å². The van der Waals surface area contributed by atoms with Crippen molar-refractivity contribution in [2.24, 2.45) is 0 Å². The molecule has 6 heteroatoms. The molecule has 1 atom stereocenters. The molecule has 0 bridgehead atoms. The molecule has 23 heavy (non-hydrogen) atoms. The van der Waals surface area contributed by atoms with Crippen LogP contribution in [0.5, 0.6) is 11.5 Å². The van der Waals surface area contributed by atoms with Gasteiger partial charge in [0.15, 0.2) is 11.5 Å². The van der Waals surface area contributed by atoms with Gasteiger partial charge in [0.25, 0.3) is 5.69 Å². The monoisotopic (exact) mass is 314 g/mol. The summed E-state index contributed by atoms with van der Waals surface area (Å²) in [4.78, 5) is 12.7. The lowest BCUT2D eigenvalue weighted by atomic mass is 10.1. The largest absolute Gasteiger partial charge is 0.454 e. The van der Waals surface area contributed by atoms with Gasteiger partial charge in [-0.2, -0.15) is 0 Å². The highest BCUT2D eigenvalue weighted by Crippen LogP contribution is 2.33. The van der Waals surface area contributed by atoms with E-state index in [0.29, 0.717) is 6.54 Å². The minimum atomic E-state index is -0.367. The molecule has 0 aromatic heterocycles. The topological polar surface area (TPSA) is 64.8 Å². The van der Waals surface area contributed by atoms with Gasteiger partial charge in [0.2, 0.25) is 6.79 Å². The van der Waals surface area contributed by atoms with Gasteiger partial charge in [0.05, 0.1) is 4.92 Å². The van der Waals surface area contributed by atoms with Gasteiger partial charge in [-0.3, -0.25) is 15.0 Å². The second-order valence-electron chi connectivity index (χ2n) is 5.63. The molecule has 2 aromatic carbocycles. The Morgan fingerprint density at radius 1 is 1.22 bits per heavy atom. The van der Waals surface area contributed by atoms with E-state index in [-0.39, 0.29) is 23.4 Å². The van der Waals surface area contributed by atoms with Crippen LogP contribution >= 0.6 is 0 Å². The van der Waals surface area contributed by atoms with Gasteiger partial charge in [0, 0.05) is 24.7 Å². The fourth-order valence-corrected chi connectivity index (χ4v) is 2.62. The lowest BCUT2D eigenvalue weighted by Gasteiger charge is -2.25. The molecule has 0 saturated heterocycles. The Morgan fingerprint density at radius 2 is 2.00 bits per heavy atom. The Balaban J connectivity index is 1.73. The number of hydrogen-bond donors (Lipinski definition) is 0. The zero-order valence-corrected chi connectivity index (χ0v) is 13.1. The summed E-state index contributed by atoms with van der Waals surface area (Å²) in [6, 6.07) is 12.7. The van der Waals surface area contributed by atoms with Crippen LogP contribution in [0.1, 0.15) is 24.1 Å². The molecule has 0 spiro atoms. The van der Waals surface area contributed by atoms with E-state index in [1.807, 2.05) is 38.2 Å². The van der Waals surface area contributed by atoms with Crippen molar-refractivity contribution in [3.63, 3.8) is 0 Å². The van der Waals surface area contributed by atoms with Crippen molar-refractivity contribution in [2.75, 3.05) is 13.8 Å². The second-order valence-corrected chi connectivity index (χ2v) is 5.63. The third kappa shape index (κ3) is 3.27. The fourth-order valence-electron chi connectivity index (χ4n) is 2.62. The summed E-state index contributed by atoms with van der Waals surface area (Å²) in [5.41, 5.74) is 2.14. The van der Waals surface area contributed by atoms with Crippen LogP contribution in [-0.4, -0.2) is 23.7 Å². The third-order valence-corrected chi connectivity index (χ3v) is 4.09. The summed E-state index contributed by atoms with van der Waals surface area (Å²) in [6.45, 7) is 3.01. The summed E-state index contributed by atoms with van der Waals surface area (Å²) in [6.07, 6.45) is 0. The van der Waals surface area contributed by atoms with Gasteiger partial charge < -0.3 is 9.47 Å². The Morgan fingerprint density at radius 3 is 2.78 bits per heavy atom. The zero-order chi connectivity index (χ0) is 16.4. The first kappa shape index (κ1) is 15.3. The Labute approximate surface area is 134 Å². The van der Waals surface area contributed by atoms with Crippen molar-refractivity contribution in [3.05, 3.63) is 63.7 Å². The van der Waals surface area contributed by atoms with Crippen LogP contribution in [0.3, 0.4) is 0 Å². The van der Waals surface area contributed by atoms with Crippen molar-refractivity contribution < 1.29 is 14.4 Å². The molecule has 1 heterocycles. The molecule has 0 radical (unpaired) electrons. The maximum Gasteiger partial charge on any atom is 0.269 e. The maximum absolute atomic E-state index is 10.9. The normalized spacial score (nSPS) is 14.0. The van der Waals surface area contributed by atoms with Crippen LogP contribution in [0.25, 0.3) is 0 Å². The first-order valence-corrected chi connectivity index (χ1v) is 7.37. The predicted molar refractivity (Wildman–Crippen MR) is 85.5 cm³/mol. The van der Waals surface area contributed by atoms with E-state index in [9.17, 15) is 10.1 Å². The number of nitro benzene ring substituents is 1. The van der Waals surface area contributed by atoms with Gasteiger partial charge in [-0.1, -0.05) is 18.2 Å². The minimum Gasteiger partial charge on any atom is -0.454 e. The molecular weight excluding hydrogens is 296 g/mol. The first-order chi connectivity index (χ1) is 11.0. The molecule has 0 aliphatic carbocycles. The van der Waals surface area contributed by atoms with Gasteiger partial charge in [0.1, 0.15) is 0 Å². The predicted octanol–water partition coefficient (Wildman–Crippen LogP) is 3.52. The van der Waals surface area contributed by atoms with Crippen molar-refractivity contribution in [3.8, 4) is 11.5 Å². The number of nitro groups is 1. The fraction of sp³-hybridized carbons (Fsp3) is 0.294. The lowest BCUT2D eigenvalue weighted by Crippen LogP contribution is -2.22. The average molecular weight is 314 g/mol. The van der Waals surface area contributed by atoms with Crippen LogP contribution in [0.15, 0.2) is 42.5 Å². The van der Waals surface area contributed by atoms with Gasteiger partial charge in [-0.15, -0.1) is 0 Å². The number of non-ortho nitro benzene ring substituents is 1. The van der Waals surface area contributed by atoms with E-state index in [1.54, 1.807) is 12.1 Å². The van der Waals surface area contributed by atoms with E-state index in [0.717, 1.165) is 22.6 Å². The number of benzene rings is 2.